The molecule has 0 bridgehead atoms. The van der Waals surface area contributed by atoms with Crippen LogP contribution in [0.4, 0.5) is 10.1 Å². The van der Waals surface area contributed by atoms with Crippen LogP contribution >= 0.6 is 0 Å². The van der Waals surface area contributed by atoms with E-state index in [-0.39, 0.29) is 11.3 Å². The molecule has 20 heavy (non-hydrogen) atoms. The summed E-state index contributed by atoms with van der Waals surface area (Å²) in [7, 11) is 1.46. The highest BCUT2D eigenvalue weighted by Crippen LogP contribution is 2.25. The Morgan fingerprint density at radius 3 is 2.65 bits per heavy atom. The summed E-state index contributed by atoms with van der Waals surface area (Å²) in [6.07, 6.45) is 0. The van der Waals surface area contributed by atoms with Crippen LogP contribution < -0.4 is 10.1 Å². The molecule has 0 aliphatic carbocycles. The highest BCUT2D eigenvalue weighted by atomic mass is 19.1. The van der Waals surface area contributed by atoms with Gasteiger partial charge in [0.25, 0.3) is 5.91 Å². The van der Waals surface area contributed by atoms with Crippen LogP contribution in [0.5, 0.6) is 11.5 Å². The van der Waals surface area contributed by atoms with E-state index in [9.17, 15) is 14.3 Å². The largest absolute Gasteiger partial charge is 0.507 e. The number of hydrogen-bond donors (Lipinski definition) is 2. The lowest BCUT2D eigenvalue weighted by Gasteiger charge is -2.10. The smallest absolute Gasteiger partial charge is 0.259 e. The number of ether oxygens (including phenoxy) is 1. The molecule has 1 amide bonds. The van der Waals surface area contributed by atoms with E-state index < -0.39 is 11.7 Å². The third-order valence-electron chi connectivity index (χ3n) is 2.90. The zero-order chi connectivity index (χ0) is 14.7. The molecule has 0 aliphatic rings. The summed E-state index contributed by atoms with van der Waals surface area (Å²) < 4.78 is 18.1. The Morgan fingerprint density at radius 2 is 2.00 bits per heavy atom. The monoisotopic (exact) mass is 275 g/mol. The molecule has 2 rings (SSSR count). The maximum absolute atomic E-state index is 13.2. The summed E-state index contributed by atoms with van der Waals surface area (Å²) in [5.41, 5.74) is 1.19. The molecule has 4 nitrogen and oxygen atoms in total. The van der Waals surface area contributed by atoms with Crippen molar-refractivity contribution in [1.29, 1.82) is 0 Å². The van der Waals surface area contributed by atoms with Gasteiger partial charge in [-0.3, -0.25) is 4.79 Å². The summed E-state index contributed by atoms with van der Waals surface area (Å²) in [5, 5.41) is 12.3. The molecule has 0 heterocycles. The van der Waals surface area contributed by atoms with Crippen molar-refractivity contribution in [3.05, 3.63) is 53.3 Å². The molecule has 0 aliphatic heterocycles. The van der Waals surface area contributed by atoms with Crippen LogP contribution in [-0.4, -0.2) is 18.1 Å². The normalized spacial score (nSPS) is 10.2. The number of aryl methyl sites for hydroxylation is 1. The molecule has 0 atom stereocenters. The van der Waals surface area contributed by atoms with Gasteiger partial charge in [0.2, 0.25) is 0 Å². The Labute approximate surface area is 115 Å². The number of anilines is 1. The number of methoxy groups -OCH3 is 1. The number of phenols is 1. The van der Waals surface area contributed by atoms with Crippen molar-refractivity contribution in [2.24, 2.45) is 0 Å². The Hall–Kier alpha value is -2.56. The highest BCUT2D eigenvalue weighted by molar-refractivity contribution is 6.06. The van der Waals surface area contributed by atoms with E-state index >= 15 is 0 Å². The second-order valence-corrected chi connectivity index (χ2v) is 4.30. The lowest BCUT2D eigenvalue weighted by Crippen LogP contribution is -2.13. The average molecular weight is 275 g/mol. The Kier molecular flexibility index (Phi) is 3.89. The first-order chi connectivity index (χ1) is 9.51. The molecule has 2 aromatic rings. The molecular formula is C15H14FNO3. The van der Waals surface area contributed by atoms with Crippen molar-refractivity contribution in [2.75, 3.05) is 12.4 Å². The predicted octanol–water partition coefficient (Wildman–Crippen LogP) is 3.10. The van der Waals surface area contributed by atoms with Gasteiger partial charge in [-0.25, -0.2) is 4.39 Å². The van der Waals surface area contributed by atoms with Crippen molar-refractivity contribution >= 4 is 11.6 Å². The molecule has 0 saturated carbocycles. The molecule has 0 fully saturated rings. The van der Waals surface area contributed by atoms with Crippen molar-refractivity contribution in [1.82, 2.24) is 0 Å². The first-order valence-electron chi connectivity index (χ1n) is 5.96. The predicted molar refractivity (Wildman–Crippen MR) is 73.7 cm³/mol. The molecule has 2 aromatic carbocycles. The van der Waals surface area contributed by atoms with Gasteiger partial charge in [0.15, 0.2) is 0 Å². The van der Waals surface area contributed by atoms with Gasteiger partial charge in [0.1, 0.15) is 17.3 Å². The minimum absolute atomic E-state index is 0.0921. The lowest BCUT2D eigenvalue weighted by molar-refractivity contribution is 0.102. The molecule has 0 aromatic heterocycles. The van der Waals surface area contributed by atoms with Crippen LogP contribution in [0.25, 0.3) is 0 Å². The average Bonchev–Trinajstić information content (AvgIpc) is 2.42. The van der Waals surface area contributed by atoms with E-state index in [1.807, 2.05) is 0 Å². The topological polar surface area (TPSA) is 58.6 Å². The van der Waals surface area contributed by atoms with Crippen molar-refractivity contribution < 1.29 is 19.0 Å². The second-order valence-electron chi connectivity index (χ2n) is 4.30. The van der Waals surface area contributed by atoms with E-state index in [0.717, 1.165) is 5.56 Å². The molecule has 0 saturated heterocycles. The molecule has 2 N–H and O–H groups in total. The van der Waals surface area contributed by atoms with Gasteiger partial charge in [0, 0.05) is 11.8 Å². The van der Waals surface area contributed by atoms with Gasteiger partial charge in [0.05, 0.1) is 12.7 Å². The zero-order valence-corrected chi connectivity index (χ0v) is 11.1. The summed E-state index contributed by atoms with van der Waals surface area (Å²) >= 11 is 0. The Balaban J connectivity index is 2.26. The van der Waals surface area contributed by atoms with Crippen molar-refractivity contribution in [2.45, 2.75) is 6.92 Å². The first kappa shape index (κ1) is 13.9. The number of halogens is 1. The van der Waals surface area contributed by atoms with E-state index in [1.54, 1.807) is 19.1 Å². The number of hydrogen-bond acceptors (Lipinski definition) is 3. The number of carbonyl (C=O) groups is 1. The van der Waals surface area contributed by atoms with Gasteiger partial charge in [-0.2, -0.15) is 0 Å². The molecule has 0 radical (unpaired) electrons. The van der Waals surface area contributed by atoms with Gasteiger partial charge in [-0.05, 0) is 36.8 Å². The Bertz CT molecular complexity index is 656. The number of aromatic hydroxyl groups is 1. The van der Waals surface area contributed by atoms with E-state index in [1.165, 1.54) is 31.4 Å². The molecule has 5 heteroatoms. The number of carbonyl (C=O) groups excluding carboxylic acids is 1. The van der Waals surface area contributed by atoms with Crippen LogP contribution in [-0.2, 0) is 0 Å². The van der Waals surface area contributed by atoms with Crippen molar-refractivity contribution in [3.8, 4) is 11.5 Å². The minimum atomic E-state index is -0.515. The number of rotatable bonds is 3. The summed E-state index contributed by atoms with van der Waals surface area (Å²) in [6, 6.07) is 8.46. The summed E-state index contributed by atoms with van der Waals surface area (Å²) in [5.74, 6) is -0.708. The number of phenolic OH excluding ortho intramolecular Hbond substituents is 1. The summed E-state index contributed by atoms with van der Waals surface area (Å²) in [4.78, 5) is 12.1. The lowest BCUT2D eigenvalue weighted by atomic mass is 10.1. The quantitative estimate of drug-likeness (QED) is 0.905. The number of amides is 1. The minimum Gasteiger partial charge on any atom is -0.507 e. The van der Waals surface area contributed by atoms with Gasteiger partial charge in [-0.15, -0.1) is 0 Å². The highest BCUT2D eigenvalue weighted by Gasteiger charge is 2.13. The third-order valence-corrected chi connectivity index (χ3v) is 2.90. The molecule has 0 unspecified atom stereocenters. The maximum atomic E-state index is 13.2. The number of nitrogens with one attached hydrogen (secondary N) is 1. The van der Waals surface area contributed by atoms with Crippen LogP contribution in [0.1, 0.15) is 15.9 Å². The number of benzene rings is 2. The van der Waals surface area contributed by atoms with Gasteiger partial charge >= 0.3 is 0 Å². The van der Waals surface area contributed by atoms with Crippen LogP contribution in [0.2, 0.25) is 0 Å². The third kappa shape index (κ3) is 2.88. The standard InChI is InChI=1S/C15H14FNO3/c1-9-3-4-10(16)7-13(9)17-15(19)12-6-5-11(20-2)8-14(12)18/h3-8,18H,1-2H3,(H,17,19). The fourth-order valence-corrected chi connectivity index (χ4v) is 1.75. The van der Waals surface area contributed by atoms with Crippen LogP contribution in [0.3, 0.4) is 0 Å². The van der Waals surface area contributed by atoms with Gasteiger partial charge < -0.3 is 15.2 Å². The first-order valence-corrected chi connectivity index (χ1v) is 5.96. The van der Waals surface area contributed by atoms with Crippen LogP contribution in [0, 0.1) is 12.7 Å². The molecule has 104 valence electrons. The van der Waals surface area contributed by atoms with E-state index in [0.29, 0.717) is 11.4 Å². The zero-order valence-electron chi connectivity index (χ0n) is 11.1. The fraction of sp³-hybridized carbons (Fsp3) is 0.133. The maximum Gasteiger partial charge on any atom is 0.259 e. The van der Waals surface area contributed by atoms with E-state index in [2.05, 4.69) is 5.32 Å². The fourth-order valence-electron chi connectivity index (χ4n) is 1.75. The van der Waals surface area contributed by atoms with Crippen molar-refractivity contribution in [3.63, 3.8) is 0 Å². The molecular weight excluding hydrogens is 261 g/mol. The van der Waals surface area contributed by atoms with Gasteiger partial charge in [-0.1, -0.05) is 6.07 Å². The second kappa shape index (κ2) is 5.61. The molecule has 0 spiro atoms. The Morgan fingerprint density at radius 1 is 1.25 bits per heavy atom. The summed E-state index contributed by atoms with van der Waals surface area (Å²) in [6.45, 7) is 1.75. The van der Waals surface area contributed by atoms with Crippen LogP contribution in [0.15, 0.2) is 36.4 Å². The van der Waals surface area contributed by atoms with E-state index in [4.69, 9.17) is 4.74 Å². The SMILES string of the molecule is COc1ccc(C(=O)Nc2cc(F)ccc2C)c(O)c1.